The van der Waals surface area contributed by atoms with Crippen LogP contribution in [0.1, 0.15) is 12.6 Å². The summed E-state index contributed by atoms with van der Waals surface area (Å²) < 4.78 is 0. The molecule has 0 aliphatic carbocycles. The Bertz CT molecular complexity index is 468. The number of hydrogen-bond donors (Lipinski definition) is 2. The largest absolute Gasteiger partial charge is 0.508 e. The maximum Gasteiger partial charge on any atom is 0.123 e. The Kier molecular flexibility index (Phi) is 3.54. The van der Waals surface area contributed by atoms with Gasteiger partial charge in [-0.15, -0.1) is 11.3 Å². The van der Waals surface area contributed by atoms with Gasteiger partial charge >= 0.3 is 0 Å². The van der Waals surface area contributed by atoms with Crippen LogP contribution in [0, 0.1) is 0 Å². The number of thiazole rings is 1. The smallest absolute Gasteiger partial charge is 0.123 e. The van der Waals surface area contributed by atoms with Crippen LogP contribution in [0.3, 0.4) is 0 Å². The average molecular weight is 234 g/mol. The predicted octanol–water partition coefficient (Wildman–Crippen LogP) is 2.63. The van der Waals surface area contributed by atoms with Gasteiger partial charge in [0.1, 0.15) is 10.8 Å². The third kappa shape index (κ3) is 2.59. The first-order valence-corrected chi connectivity index (χ1v) is 6.12. The molecule has 1 aromatic carbocycles. The molecule has 0 saturated heterocycles. The maximum absolute atomic E-state index is 9.39. The molecule has 0 fully saturated rings. The van der Waals surface area contributed by atoms with Crippen molar-refractivity contribution in [1.82, 2.24) is 10.3 Å². The summed E-state index contributed by atoms with van der Waals surface area (Å²) >= 11 is 1.60. The van der Waals surface area contributed by atoms with Crippen LogP contribution in [0.5, 0.6) is 5.75 Å². The van der Waals surface area contributed by atoms with Crippen molar-refractivity contribution < 1.29 is 5.11 Å². The van der Waals surface area contributed by atoms with Crippen molar-refractivity contribution in [3.05, 3.63) is 35.3 Å². The highest BCUT2D eigenvalue weighted by Gasteiger charge is 2.04. The predicted molar refractivity (Wildman–Crippen MR) is 66.6 cm³/mol. The number of aromatic hydroxyl groups is 1. The Morgan fingerprint density at radius 1 is 1.44 bits per heavy atom. The summed E-state index contributed by atoms with van der Waals surface area (Å²) in [5.74, 6) is 0.279. The Morgan fingerprint density at radius 3 is 3.06 bits per heavy atom. The van der Waals surface area contributed by atoms with Crippen molar-refractivity contribution in [2.75, 3.05) is 6.54 Å². The first-order chi connectivity index (χ1) is 7.79. The van der Waals surface area contributed by atoms with Crippen molar-refractivity contribution in [2.24, 2.45) is 0 Å². The van der Waals surface area contributed by atoms with Gasteiger partial charge in [0.15, 0.2) is 0 Å². The zero-order chi connectivity index (χ0) is 11.4. The summed E-state index contributed by atoms with van der Waals surface area (Å²) in [5, 5.41) is 15.6. The van der Waals surface area contributed by atoms with Gasteiger partial charge in [-0.2, -0.15) is 0 Å². The SMILES string of the molecule is CCNCc1csc(-c2cccc(O)c2)n1. The van der Waals surface area contributed by atoms with Crippen LogP contribution in [0.25, 0.3) is 10.6 Å². The van der Waals surface area contributed by atoms with Crippen LogP contribution < -0.4 is 5.32 Å². The molecular formula is C12H14N2OS. The molecule has 0 atom stereocenters. The molecule has 1 heterocycles. The standard InChI is InChI=1S/C12H14N2OS/c1-2-13-7-10-8-16-12(14-10)9-4-3-5-11(15)6-9/h3-6,8,13,15H,2,7H2,1H3. The molecule has 2 N–H and O–H groups in total. The lowest BCUT2D eigenvalue weighted by Gasteiger charge is -1.97. The number of nitrogens with one attached hydrogen (secondary N) is 1. The summed E-state index contributed by atoms with van der Waals surface area (Å²) in [6, 6.07) is 7.18. The van der Waals surface area contributed by atoms with Crippen LogP contribution in [0.2, 0.25) is 0 Å². The topological polar surface area (TPSA) is 45.1 Å². The zero-order valence-electron chi connectivity index (χ0n) is 9.10. The minimum Gasteiger partial charge on any atom is -0.508 e. The molecule has 0 radical (unpaired) electrons. The number of phenolic OH excluding ortho intramolecular Hbond substituents is 1. The number of benzene rings is 1. The lowest BCUT2D eigenvalue weighted by atomic mass is 10.2. The molecule has 0 unspecified atom stereocenters. The van der Waals surface area contributed by atoms with E-state index in [1.165, 1.54) is 0 Å². The fourth-order valence-electron chi connectivity index (χ4n) is 1.41. The van der Waals surface area contributed by atoms with E-state index < -0.39 is 0 Å². The van der Waals surface area contributed by atoms with E-state index in [0.29, 0.717) is 0 Å². The molecule has 0 aliphatic rings. The normalized spacial score (nSPS) is 10.6. The van der Waals surface area contributed by atoms with Gasteiger partial charge in [0, 0.05) is 17.5 Å². The minimum atomic E-state index is 0.279. The van der Waals surface area contributed by atoms with Crippen LogP contribution in [0.15, 0.2) is 29.6 Å². The number of hydrogen-bond acceptors (Lipinski definition) is 4. The van der Waals surface area contributed by atoms with Gasteiger partial charge in [-0.3, -0.25) is 0 Å². The third-order valence-electron chi connectivity index (χ3n) is 2.20. The van der Waals surface area contributed by atoms with Crippen LogP contribution >= 0.6 is 11.3 Å². The molecule has 3 nitrogen and oxygen atoms in total. The highest BCUT2D eigenvalue weighted by atomic mass is 32.1. The lowest BCUT2D eigenvalue weighted by molar-refractivity contribution is 0.475. The van der Waals surface area contributed by atoms with Gasteiger partial charge in [-0.05, 0) is 18.7 Å². The lowest BCUT2D eigenvalue weighted by Crippen LogP contribution is -2.11. The summed E-state index contributed by atoms with van der Waals surface area (Å²) in [7, 11) is 0. The number of phenols is 1. The molecule has 0 amide bonds. The summed E-state index contributed by atoms with van der Waals surface area (Å²) in [6.07, 6.45) is 0. The second-order valence-corrected chi connectivity index (χ2v) is 4.33. The molecular weight excluding hydrogens is 220 g/mol. The first-order valence-electron chi connectivity index (χ1n) is 5.24. The quantitative estimate of drug-likeness (QED) is 0.854. The van der Waals surface area contributed by atoms with E-state index in [4.69, 9.17) is 0 Å². The minimum absolute atomic E-state index is 0.279. The molecule has 0 bridgehead atoms. The fraction of sp³-hybridized carbons (Fsp3) is 0.250. The van der Waals surface area contributed by atoms with Gasteiger partial charge < -0.3 is 10.4 Å². The van der Waals surface area contributed by atoms with E-state index in [9.17, 15) is 5.11 Å². The number of aromatic nitrogens is 1. The molecule has 2 rings (SSSR count). The van der Waals surface area contributed by atoms with E-state index in [1.807, 2.05) is 17.5 Å². The fourth-order valence-corrected chi connectivity index (χ4v) is 2.23. The second-order valence-electron chi connectivity index (χ2n) is 3.47. The van der Waals surface area contributed by atoms with Crippen molar-refractivity contribution in [3.8, 4) is 16.3 Å². The molecule has 84 valence electrons. The van der Waals surface area contributed by atoms with Gasteiger partial charge in [0.05, 0.1) is 5.69 Å². The Hall–Kier alpha value is -1.39. The third-order valence-corrected chi connectivity index (χ3v) is 3.14. The zero-order valence-corrected chi connectivity index (χ0v) is 9.92. The summed E-state index contributed by atoms with van der Waals surface area (Å²) in [6.45, 7) is 3.81. The highest BCUT2D eigenvalue weighted by molar-refractivity contribution is 7.13. The monoisotopic (exact) mass is 234 g/mol. The molecule has 0 aliphatic heterocycles. The second kappa shape index (κ2) is 5.09. The van der Waals surface area contributed by atoms with Crippen LogP contribution in [-0.4, -0.2) is 16.6 Å². The summed E-state index contributed by atoms with van der Waals surface area (Å²) in [5.41, 5.74) is 2.01. The van der Waals surface area contributed by atoms with Gasteiger partial charge in [0.2, 0.25) is 0 Å². The van der Waals surface area contributed by atoms with Crippen molar-refractivity contribution >= 4 is 11.3 Å². The van der Waals surface area contributed by atoms with E-state index in [0.717, 1.165) is 29.4 Å². The van der Waals surface area contributed by atoms with E-state index in [1.54, 1.807) is 23.5 Å². The molecule has 0 spiro atoms. The molecule has 0 saturated carbocycles. The van der Waals surface area contributed by atoms with Crippen molar-refractivity contribution in [2.45, 2.75) is 13.5 Å². The van der Waals surface area contributed by atoms with Crippen LogP contribution in [-0.2, 0) is 6.54 Å². The molecule has 16 heavy (non-hydrogen) atoms. The van der Waals surface area contributed by atoms with E-state index in [-0.39, 0.29) is 5.75 Å². The Morgan fingerprint density at radius 2 is 2.31 bits per heavy atom. The van der Waals surface area contributed by atoms with Gasteiger partial charge in [-0.1, -0.05) is 19.1 Å². The first kappa shape index (κ1) is 11.1. The average Bonchev–Trinajstić information content (AvgIpc) is 2.75. The Balaban J connectivity index is 2.18. The summed E-state index contributed by atoms with van der Waals surface area (Å²) in [4.78, 5) is 4.50. The molecule has 4 heteroatoms. The van der Waals surface area contributed by atoms with E-state index in [2.05, 4.69) is 17.2 Å². The van der Waals surface area contributed by atoms with Gasteiger partial charge in [-0.25, -0.2) is 4.98 Å². The van der Waals surface area contributed by atoms with Gasteiger partial charge in [0.25, 0.3) is 0 Å². The van der Waals surface area contributed by atoms with Crippen molar-refractivity contribution in [1.29, 1.82) is 0 Å². The number of rotatable bonds is 4. The van der Waals surface area contributed by atoms with Crippen LogP contribution in [0.4, 0.5) is 0 Å². The molecule has 1 aromatic heterocycles. The maximum atomic E-state index is 9.39. The molecule has 2 aromatic rings. The number of nitrogens with zero attached hydrogens (tertiary/aromatic N) is 1. The Labute approximate surface area is 98.8 Å². The highest BCUT2D eigenvalue weighted by Crippen LogP contribution is 2.26. The van der Waals surface area contributed by atoms with E-state index >= 15 is 0 Å². The van der Waals surface area contributed by atoms with Crippen molar-refractivity contribution in [3.63, 3.8) is 0 Å².